The molecule has 1 aliphatic heterocycles. The van der Waals surface area contributed by atoms with Crippen LogP contribution in [0, 0.1) is 0 Å². The molecule has 2 amide bonds. The van der Waals surface area contributed by atoms with E-state index in [1.807, 2.05) is 0 Å². The highest BCUT2D eigenvalue weighted by Crippen LogP contribution is 2.26. The number of H-pyrrole nitrogens is 1. The number of carbonyl (C=O) groups excluding carboxylic acids is 2. The molecule has 7 nitrogen and oxygen atoms in total. The normalized spacial score (nSPS) is 15.1. The van der Waals surface area contributed by atoms with E-state index in [1.165, 1.54) is 4.90 Å². The first-order chi connectivity index (χ1) is 10.2. The van der Waals surface area contributed by atoms with Crippen LogP contribution in [0.1, 0.15) is 33.0 Å². The van der Waals surface area contributed by atoms with Crippen LogP contribution in [0.15, 0.2) is 36.9 Å². The second kappa shape index (κ2) is 5.28. The maximum absolute atomic E-state index is 12.4. The second-order valence-electron chi connectivity index (χ2n) is 4.72. The number of fused-ring (bicyclic) bond motifs is 1. The van der Waals surface area contributed by atoms with Gasteiger partial charge in [0.2, 0.25) is 0 Å². The number of nitrogens with one attached hydrogen (secondary N) is 1. The van der Waals surface area contributed by atoms with Gasteiger partial charge in [0.25, 0.3) is 11.8 Å². The minimum absolute atomic E-state index is 0.281. The van der Waals surface area contributed by atoms with Crippen LogP contribution in [-0.4, -0.2) is 43.4 Å². The lowest BCUT2D eigenvalue weighted by molar-refractivity contribution is 0.0609. The number of hydrogen-bond donors (Lipinski definition) is 1. The summed E-state index contributed by atoms with van der Waals surface area (Å²) in [6.45, 7) is 3.73. The van der Waals surface area contributed by atoms with E-state index >= 15 is 0 Å². The molecular formula is C14H13N5O2. The van der Waals surface area contributed by atoms with E-state index in [2.05, 4.69) is 27.2 Å². The third kappa shape index (κ3) is 2.22. The van der Waals surface area contributed by atoms with Crippen molar-refractivity contribution in [2.75, 3.05) is 0 Å². The first-order valence-electron chi connectivity index (χ1n) is 6.54. The van der Waals surface area contributed by atoms with Crippen molar-refractivity contribution in [3.63, 3.8) is 0 Å². The summed E-state index contributed by atoms with van der Waals surface area (Å²) in [5.41, 5.74) is 0.881. The van der Waals surface area contributed by atoms with E-state index in [-0.39, 0.29) is 17.9 Å². The van der Waals surface area contributed by atoms with Crippen LogP contribution in [0.3, 0.4) is 0 Å². The smallest absolute Gasteiger partial charge is 0.262 e. The zero-order valence-corrected chi connectivity index (χ0v) is 11.2. The fraction of sp³-hybridized carbons (Fsp3) is 0.214. The Morgan fingerprint density at radius 1 is 1.24 bits per heavy atom. The van der Waals surface area contributed by atoms with Crippen molar-refractivity contribution in [1.82, 2.24) is 25.5 Å². The van der Waals surface area contributed by atoms with Crippen molar-refractivity contribution >= 4 is 11.8 Å². The molecule has 0 saturated heterocycles. The summed E-state index contributed by atoms with van der Waals surface area (Å²) in [5.74, 6) is 0.0471. The summed E-state index contributed by atoms with van der Waals surface area (Å²) < 4.78 is 0. The summed E-state index contributed by atoms with van der Waals surface area (Å²) in [6, 6.07) is 6.43. The van der Waals surface area contributed by atoms with Gasteiger partial charge in [-0.1, -0.05) is 18.2 Å². The van der Waals surface area contributed by atoms with Gasteiger partial charge >= 0.3 is 0 Å². The average molecular weight is 283 g/mol. The molecule has 0 saturated carbocycles. The molecule has 106 valence electrons. The lowest BCUT2D eigenvalue weighted by Gasteiger charge is -2.22. The van der Waals surface area contributed by atoms with E-state index in [1.54, 1.807) is 30.3 Å². The number of carbonyl (C=O) groups is 2. The molecule has 1 aromatic heterocycles. The van der Waals surface area contributed by atoms with E-state index < -0.39 is 0 Å². The third-order valence-corrected chi connectivity index (χ3v) is 3.50. The van der Waals surface area contributed by atoms with Gasteiger partial charge in [0.1, 0.15) is 5.82 Å². The number of amides is 2. The van der Waals surface area contributed by atoms with Gasteiger partial charge in [-0.15, -0.1) is 11.7 Å². The van der Waals surface area contributed by atoms with Crippen molar-refractivity contribution in [2.45, 2.75) is 18.9 Å². The van der Waals surface area contributed by atoms with Crippen LogP contribution in [0.25, 0.3) is 0 Å². The molecule has 1 aliphatic rings. The van der Waals surface area contributed by atoms with Crippen molar-refractivity contribution in [3.8, 4) is 0 Å². The Balaban J connectivity index is 1.80. The minimum Gasteiger partial charge on any atom is -0.269 e. The first kappa shape index (κ1) is 13.2. The highest BCUT2D eigenvalue weighted by molar-refractivity contribution is 6.21. The van der Waals surface area contributed by atoms with Gasteiger partial charge in [-0.05, 0) is 29.0 Å². The molecule has 3 rings (SSSR count). The van der Waals surface area contributed by atoms with Crippen molar-refractivity contribution in [3.05, 3.63) is 53.9 Å². The Kier molecular flexibility index (Phi) is 3.31. The number of benzene rings is 1. The Hall–Kier alpha value is -2.83. The molecule has 0 radical (unpaired) electrons. The zero-order valence-electron chi connectivity index (χ0n) is 11.2. The summed E-state index contributed by atoms with van der Waals surface area (Å²) in [4.78, 5) is 26.0. The monoisotopic (exact) mass is 283 g/mol. The number of rotatable bonds is 5. The minimum atomic E-state index is -0.387. The Bertz CT molecular complexity index is 660. The predicted molar refractivity (Wildman–Crippen MR) is 73.4 cm³/mol. The van der Waals surface area contributed by atoms with Crippen molar-refractivity contribution in [2.24, 2.45) is 0 Å². The Morgan fingerprint density at radius 3 is 2.43 bits per heavy atom. The summed E-state index contributed by atoms with van der Waals surface area (Å²) in [6.07, 6.45) is 2.65. The van der Waals surface area contributed by atoms with E-state index in [0.29, 0.717) is 29.8 Å². The molecule has 1 atom stereocenters. The summed E-state index contributed by atoms with van der Waals surface area (Å²) in [5, 5.41) is 13.4. The number of hydrogen-bond acceptors (Lipinski definition) is 5. The van der Waals surface area contributed by atoms with Crippen LogP contribution in [0.5, 0.6) is 0 Å². The van der Waals surface area contributed by atoms with Gasteiger partial charge < -0.3 is 0 Å². The van der Waals surface area contributed by atoms with E-state index in [9.17, 15) is 9.59 Å². The van der Waals surface area contributed by atoms with Crippen LogP contribution >= 0.6 is 0 Å². The third-order valence-electron chi connectivity index (χ3n) is 3.50. The van der Waals surface area contributed by atoms with Gasteiger partial charge in [-0.25, -0.2) is 5.10 Å². The van der Waals surface area contributed by atoms with Crippen LogP contribution in [0.2, 0.25) is 0 Å². The number of aromatic nitrogens is 4. The summed E-state index contributed by atoms with van der Waals surface area (Å²) in [7, 11) is 0. The molecule has 7 heteroatoms. The Morgan fingerprint density at radius 2 is 1.90 bits per heavy atom. The number of tetrazole rings is 1. The molecule has 0 bridgehead atoms. The van der Waals surface area contributed by atoms with Gasteiger partial charge in [0, 0.05) is 6.42 Å². The largest absolute Gasteiger partial charge is 0.269 e. The predicted octanol–water partition coefficient (Wildman–Crippen LogP) is 0.983. The van der Waals surface area contributed by atoms with Gasteiger partial charge in [-0.3, -0.25) is 14.5 Å². The average Bonchev–Trinajstić information content (AvgIpc) is 3.11. The molecule has 0 spiro atoms. The fourth-order valence-electron chi connectivity index (χ4n) is 2.43. The number of aromatic amines is 1. The maximum atomic E-state index is 12.4. The number of nitrogens with zero attached hydrogens (tertiary/aromatic N) is 4. The van der Waals surface area contributed by atoms with Gasteiger partial charge in [0.05, 0.1) is 17.2 Å². The van der Waals surface area contributed by atoms with Crippen molar-refractivity contribution in [1.29, 1.82) is 0 Å². The zero-order chi connectivity index (χ0) is 14.8. The van der Waals surface area contributed by atoms with Gasteiger partial charge in [0.15, 0.2) is 0 Å². The molecule has 2 aromatic rings. The van der Waals surface area contributed by atoms with E-state index in [0.717, 1.165) is 0 Å². The SMILES string of the molecule is C=CC(CCc1nnn[nH]1)N1C(=O)c2ccccc2C1=O. The molecular weight excluding hydrogens is 270 g/mol. The lowest BCUT2D eigenvalue weighted by Crippen LogP contribution is -2.39. The highest BCUT2D eigenvalue weighted by Gasteiger charge is 2.38. The van der Waals surface area contributed by atoms with Gasteiger partial charge in [-0.2, -0.15) is 0 Å². The number of aryl methyl sites for hydroxylation is 1. The Labute approximate surface area is 120 Å². The quantitative estimate of drug-likeness (QED) is 0.652. The number of imide groups is 1. The second-order valence-corrected chi connectivity index (χ2v) is 4.72. The molecule has 0 fully saturated rings. The molecule has 1 unspecified atom stereocenters. The van der Waals surface area contributed by atoms with E-state index in [4.69, 9.17) is 0 Å². The highest BCUT2D eigenvalue weighted by atomic mass is 16.2. The first-order valence-corrected chi connectivity index (χ1v) is 6.54. The lowest BCUT2D eigenvalue weighted by atomic mass is 10.1. The maximum Gasteiger partial charge on any atom is 0.262 e. The molecule has 21 heavy (non-hydrogen) atoms. The van der Waals surface area contributed by atoms with Crippen LogP contribution < -0.4 is 0 Å². The topological polar surface area (TPSA) is 91.8 Å². The van der Waals surface area contributed by atoms with Crippen molar-refractivity contribution < 1.29 is 9.59 Å². The van der Waals surface area contributed by atoms with Crippen LogP contribution in [-0.2, 0) is 6.42 Å². The summed E-state index contributed by atoms with van der Waals surface area (Å²) >= 11 is 0. The fourth-order valence-corrected chi connectivity index (χ4v) is 2.43. The molecule has 2 heterocycles. The standard InChI is InChI=1S/C14H13N5O2/c1-2-9(7-8-12-15-17-18-16-12)19-13(20)10-5-3-4-6-11(10)14(19)21/h2-6,9H,1,7-8H2,(H,15,16,17,18). The molecule has 1 N–H and O–H groups in total. The molecule has 0 aliphatic carbocycles. The van der Waals surface area contributed by atoms with Crippen LogP contribution in [0.4, 0.5) is 0 Å². The molecule has 1 aromatic carbocycles.